The number of nitrogens with zero attached hydrogens (tertiary/aromatic N) is 3. The van der Waals surface area contributed by atoms with Crippen LogP contribution < -0.4 is 4.74 Å². The maximum absolute atomic E-state index is 13.5. The van der Waals surface area contributed by atoms with Crippen LogP contribution in [0.3, 0.4) is 0 Å². The molecule has 4 rings (SSSR count). The molecule has 0 spiro atoms. The Hall–Kier alpha value is -3.87. The second-order valence-corrected chi connectivity index (χ2v) is 7.41. The van der Waals surface area contributed by atoms with Crippen LogP contribution in [0.25, 0.3) is 0 Å². The maximum atomic E-state index is 13.5. The van der Waals surface area contributed by atoms with Crippen molar-refractivity contribution < 1.29 is 19.1 Å². The highest BCUT2D eigenvalue weighted by atomic mass is 16.5. The molecule has 0 aliphatic carbocycles. The van der Waals surface area contributed by atoms with Crippen molar-refractivity contribution in [2.24, 2.45) is 5.92 Å². The zero-order chi connectivity index (χ0) is 22.0. The quantitative estimate of drug-likeness (QED) is 0.349. The van der Waals surface area contributed by atoms with E-state index in [-0.39, 0.29) is 12.3 Å². The molecule has 1 aliphatic rings. The first-order valence-electron chi connectivity index (χ1n) is 9.83. The smallest absolute Gasteiger partial charge is 0.291 e. The molecule has 0 N–H and O–H groups in total. The minimum atomic E-state index is -1.14. The van der Waals surface area contributed by atoms with Gasteiger partial charge in [-0.1, -0.05) is 6.07 Å². The zero-order valence-corrected chi connectivity index (χ0v) is 17.2. The Balaban J connectivity index is 1.76. The number of aromatic nitrogens is 2. The first-order chi connectivity index (χ1) is 15.0. The van der Waals surface area contributed by atoms with E-state index >= 15 is 0 Å². The number of hydrogen-bond donors (Lipinski definition) is 0. The van der Waals surface area contributed by atoms with Crippen molar-refractivity contribution >= 4 is 17.5 Å². The van der Waals surface area contributed by atoms with Crippen LogP contribution in [0.15, 0.2) is 67.3 Å². The molecule has 2 atom stereocenters. The van der Waals surface area contributed by atoms with Crippen LogP contribution in [0.5, 0.6) is 5.75 Å². The van der Waals surface area contributed by atoms with Crippen LogP contribution in [-0.4, -0.2) is 39.5 Å². The molecule has 2 unspecified atom stereocenters. The molecular weight excluding hydrogens is 394 g/mol. The van der Waals surface area contributed by atoms with Gasteiger partial charge in [0.2, 0.25) is 5.78 Å². The van der Waals surface area contributed by atoms with Gasteiger partial charge in [0.1, 0.15) is 11.7 Å². The number of rotatable bonds is 6. The highest BCUT2D eigenvalue weighted by Gasteiger charge is 2.51. The Morgan fingerprint density at radius 3 is 2.48 bits per heavy atom. The van der Waals surface area contributed by atoms with Crippen LogP contribution >= 0.6 is 0 Å². The van der Waals surface area contributed by atoms with Crippen LogP contribution in [0, 0.1) is 12.8 Å². The fourth-order valence-electron chi connectivity index (χ4n) is 3.99. The fourth-order valence-corrected chi connectivity index (χ4v) is 3.99. The van der Waals surface area contributed by atoms with Crippen LogP contribution in [0.2, 0.25) is 0 Å². The van der Waals surface area contributed by atoms with E-state index in [0.29, 0.717) is 16.9 Å². The Morgan fingerprint density at radius 2 is 1.84 bits per heavy atom. The number of Topliss-reactive ketones (excluding diaryl/α,β-unsaturated/α-hetero) is 2. The highest BCUT2D eigenvalue weighted by molar-refractivity contribution is 6.44. The van der Waals surface area contributed by atoms with E-state index < -0.39 is 23.7 Å². The van der Waals surface area contributed by atoms with Crippen molar-refractivity contribution in [3.63, 3.8) is 0 Å². The summed E-state index contributed by atoms with van der Waals surface area (Å²) in [7, 11) is 1.55. The van der Waals surface area contributed by atoms with E-state index in [2.05, 4.69) is 9.97 Å². The largest absolute Gasteiger partial charge is 0.496 e. The third-order valence-electron chi connectivity index (χ3n) is 5.49. The molecule has 0 bridgehead atoms. The van der Waals surface area contributed by atoms with Gasteiger partial charge in [0.15, 0.2) is 5.78 Å². The van der Waals surface area contributed by atoms with Gasteiger partial charge < -0.3 is 9.64 Å². The molecule has 1 saturated heterocycles. The fraction of sp³-hybridized carbons (Fsp3) is 0.208. The Morgan fingerprint density at radius 1 is 1.06 bits per heavy atom. The standard InChI is InChI=1S/C24H21N3O4/c1-15-12-18(5-6-19(15)31-2)22(28)20-21(17-7-10-25-11-8-17)27(24(30)23(20)29)14-16-4-3-9-26-13-16/h3-13,20-21H,14H2,1-2H3. The number of benzene rings is 1. The molecule has 1 aromatic carbocycles. The van der Waals surface area contributed by atoms with Crippen LogP contribution in [0.1, 0.15) is 33.1 Å². The van der Waals surface area contributed by atoms with Gasteiger partial charge in [-0.15, -0.1) is 0 Å². The van der Waals surface area contributed by atoms with E-state index in [1.807, 2.05) is 13.0 Å². The van der Waals surface area contributed by atoms with Gasteiger partial charge >= 0.3 is 0 Å². The number of ketones is 2. The normalized spacial score (nSPS) is 18.3. The van der Waals surface area contributed by atoms with Gasteiger partial charge in [0, 0.05) is 36.9 Å². The van der Waals surface area contributed by atoms with Gasteiger partial charge in [-0.25, -0.2) is 0 Å². The summed E-state index contributed by atoms with van der Waals surface area (Å²) in [5, 5.41) is 0. The SMILES string of the molecule is COc1ccc(C(=O)C2C(=O)C(=O)N(Cc3cccnc3)C2c2ccncc2)cc1C. The number of hydrogen-bond acceptors (Lipinski definition) is 6. The number of carbonyl (C=O) groups is 3. The average Bonchev–Trinajstić information content (AvgIpc) is 3.04. The summed E-state index contributed by atoms with van der Waals surface area (Å²) in [5.41, 5.74) is 2.60. The number of amides is 1. The topological polar surface area (TPSA) is 89.5 Å². The van der Waals surface area contributed by atoms with E-state index in [0.717, 1.165) is 11.1 Å². The lowest BCUT2D eigenvalue weighted by molar-refractivity contribution is -0.141. The minimum Gasteiger partial charge on any atom is -0.496 e. The lowest BCUT2D eigenvalue weighted by Gasteiger charge is -2.27. The molecule has 3 heterocycles. The van der Waals surface area contributed by atoms with E-state index in [4.69, 9.17) is 4.74 Å². The lowest BCUT2D eigenvalue weighted by Crippen LogP contribution is -2.30. The number of methoxy groups -OCH3 is 1. The molecule has 0 saturated carbocycles. The first kappa shape index (κ1) is 20.4. The molecular formula is C24H21N3O4. The second-order valence-electron chi connectivity index (χ2n) is 7.41. The molecule has 1 fully saturated rings. The lowest BCUT2D eigenvalue weighted by atomic mass is 9.86. The minimum absolute atomic E-state index is 0.177. The van der Waals surface area contributed by atoms with Gasteiger partial charge in [-0.05, 0) is 60.0 Å². The van der Waals surface area contributed by atoms with Crippen LogP contribution in [0.4, 0.5) is 0 Å². The molecule has 7 nitrogen and oxygen atoms in total. The maximum Gasteiger partial charge on any atom is 0.291 e. The number of aryl methyl sites for hydroxylation is 1. The third kappa shape index (κ3) is 3.82. The van der Waals surface area contributed by atoms with Crippen molar-refractivity contribution in [2.45, 2.75) is 19.5 Å². The van der Waals surface area contributed by atoms with Crippen molar-refractivity contribution in [1.29, 1.82) is 0 Å². The van der Waals surface area contributed by atoms with Crippen molar-refractivity contribution in [1.82, 2.24) is 14.9 Å². The van der Waals surface area contributed by atoms with Gasteiger partial charge in [-0.2, -0.15) is 0 Å². The summed E-state index contributed by atoms with van der Waals surface area (Å²) in [4.78, 5) is 49.0. The van der Waals surface area contributed by atoms with Gasteiger partial charge in [0.05, 0.1) is 13.2 Å². The molecule has 7 heteroatoms. The molecule has 3 aromatic rings. The summed E-state index contributed by atoms with van der Waals surface area (Å²) in [6, 6.07) is 11.3. The molecule has 1 aliphatic heterocycles. The summed E-state index contributed by atoms with van der Waals surface area (Å²) in [6.45, 7) is 2.00. The Bertz CT molecular complexity index is 1130. The van der Waals surface area contributed by atoms with E-state index in [1.54, 1.807) is 68.3 Å². The summed E-state index contributed by atoms with van der Waals surface area (Å²) in [5.74, 6) is -2.26. The zero-order valence-electron chi connectivity index (χ0n) is 17.2. The number of pyridine rings is 2. The summed E-state index contributed by atoms with van der Waals surface area (Å²) >= 11 is 0. The predicted molar refractivity (Wildman–Crippen MR) is 112 cm³/mol. The van der Waals surface area contributed by atoms with Crippen molar-refractivity contribution in [2.75, 3.05) is 7.11 Å². The van der Waals surface area contributed by atoms with E-state index in [1.165, 1.54) is 4.90 Å². The van der Waals surface area contributed by atoms with Gasteiger partial charge in [-0.3, -0.25) is 24.4 Å². The van der Waals surface area contributed by atoms with Crippen LogP contribution in [-0.2, 0) is 16.1 Å². The molecule has 2 aromatic heterocycles. The second kappa shape index (κ2) is 8.47. The van der Waals surface area contributed by atoms with Crippen molar-refractivity contribution in [3.05, 3.63) is 89.5 Å². The molecule has 156 valence electrons. The Kier molecular flexibility index (Phi) is 5.58. The number of carbonyl (C=O) groups excluding carboxylic acids is 3. The summed E-state index contributed by atoms with van der Waals surface area (Å²) < 4.78 is 5.26. The Labute approximate surface area is 179 Å². The molecule has 1 amide bonds. The molecule has 0 radical (unpaired) electrons. The number of likely N-dealkylation sites (tertiary alicyclic amines) is 1. The summed E-state index contributed by atoms with van der Waals surface area (Å²) in [6.07, 6.45) is 6.45. The average molecular weight is 415 g/mol. The molecule has 31 heavy (non-hydrogen) atoms. The monoisotopic (exact) mass is 415 g/mol. The van der Waals surface area contributed by atoms with Crippen molar-refractivity contribution in [3.8, 4) is 5.75 Å². The highest BCUT2D eigenvalue weighted by Crippen LogP contribution is 2.39. The number of ether oxygens (including phenoxy) is 1. The van der Waals surface area contributed by atoms with Gasteiger partial charge in [0.25, 0.3) is 5.91 Å². The van der Waals surface area contributed by atoms with E-state index in [9.17, 15) is 14.4 Å². The third-order valence-corrected chi connectivity index (χ3v) is 5.49. The predicted octanol–water partition coefficient (Wildman–Crippen LogP) is 2.95. The first-order valence-corrected chi connectivity index (χ1v) is 9.83.